The van der Waals surface area contributed by atoms with E-state index in [4.69, 9.17) is 48.1 Å². The van der Waals surface area contributed by atoms with Crippen molar-refractivity contribution in [2.45, 2.75) is 43.7 Å². The second-order valence-electron chi connectivity index (χ2n) is 12.8. The lowest BCUT2D eigenvalue weighted by Crippen LogP contribution is -2.46. The Bertz CT molecular complexity index is 2350. The van der Waals surface area contributed by atoms with Gasteiger partial charge in [0.1, 0.15) is 16.9 Å². The Morgan fingerprint density at radius 2 is 1.69 bits per heavy atom. The monoisotopic (exact) mass is 756 g/mol. The first-order valence-electron chi connectivity index (χ1n) is 16.3. The molecule has 0 saturated carbocycles. The number of halogens is 5. The molecule has 1 fully saturated rings. The summed E-state index contributed by atoms with van der Waals surface area (Å²) >= 11 is 14.0. The maximum atomic E-state index is 14.0. The van der Waals surface area contributed by atoms with Gasteiger partial charge in [0.05, 0.1) is 52.9 Å². The number of nitrogens with one attached hydrogen (secondary N) is 1. The third-order valence-electron chi connectivity index (χ3n) is 9.53. The molecular weight excluding hydrogens is 724 g/mol. The third-order valence-corrected chi connectivity index (χ3v) is 10.3. The van der Waals surface area contributed by atoms with Crippen LogP contribution in [0.3, 0.4) is 0 Å². The summed E-state index contributed by atoms with van der Waals surface area (Å²) < 4.78 is 61.3. The van der Waals surface area contributed by atoms with E-state index in [2.05, 4.69) is 10.3 Å². The van der Waals surface area contributed by atoms with Gasteiger partial charge < -0.3 is 25.3 Å². The van der Waals surface area contributed by atoms with Crippen molar-refractivity contribution < 1.29 is 27.4 Å². The van der Waals surface area contributed by atoms with Crippen molar-refractivity contribution in [3.63, 3.8) is 0 Å². The highest BCUT2D eigenvalue weighted by molar-refractivity contribution is 6.39. The number of aromatic nitrogens is 4. The Balaban J connectivity index is 1.25. The molecule has 1 saturated heterocycles. The van der Waals surface area contributed by atoms with Crippen LogP contribution in [0.1, 0.15) is 23.2 Å². The van der Waals surface area contributed by atoms with Crippen LogP contribution in [0, 0.1) is 0 Å². The van der Waals surface area contributed by atoms with Crippen LogP contribution in [0.25, 0.3) is 33.3 Å². The molecule has 2 aromatic carbocycles. The molecule has 0 spiro atoms. The maximum Gasteiger partial charge on any atom is 0.433 e. The van der Waals surface area contributed by atoms with Gasteiger partial charge in [0.25, 0.3) is 5.56 Å². The standard InChI is InChI=1S/C36H33Cl2F3N6O5/c1-46-26-15-28(36(39,40)41)45-32(29(26)34(48)47(2)35(46)49)43-24-9-5-7-20(31(24)38)19-6-4-8-21(30(19)37)25-13-17-12-18(14-22(17)33(44-25)50-3)52-27-16-51-11-10-23(27)42/h4-9,13,15,18,23,27H,10-12,14,16,42H2,1-3H3,(H,43,45)/t18?,23-,27+/m0/s1. The van der Waals surface area contributed by atoms with Crippen molar-refractivity contribution in [3.05, 3.63) is 96.2 Å². The van der Waals surface area contributed by atoms with Gasteiger partial charge >= 0.3 is 11.9 Å². The summed E-state index contributed by atoms with van der Waals surface area (Å²) in [5, 5.41) is 3.02. The van der Waals surface area contributed by atoms with Crippen molar-refractivity contribution in [3.8, 4) is 28.3 Å². The number of alkyl halides is 3. The van der Waals surface area contributed by atoms with Crippen molar-refractivity contribution in [2.24, 2.45) is 19.8 Å². The molecule has 16 heteroatoms. The van der Waals surface area contributed by atoms with E-state index in [1.54, 1.807) is 31.4 Å². The van der Waals surface area contributed by atoms with Gasteiger partial charge in [-0.15, -0.1) is 0 Å². The molecule has 3 atom stereocenters. The van der Waals surface area contributed by atoms with E-state index in [-0.39, 0.29) is 39.9 Å². The maximum absolute atomic E-state index is 14.0. The Labute approximate surface area is 305 Å². The average Bonchev–Trinajstić information content (AvgIpc) is 3.53. The van der Waals surface area contributed by atoms with E-state index in [0.717, 1.165) is 26.7 Å². The lowest BCUT2D eigenvalue weighted by Gasteiger charge is -2.30. The van der Waals surface area contributed by atoms with E-state index in [1.165, 1.54) is 20.2 Å². The first-order chi connectivity index (χ1) is 24.8. The van der Waals surface area contributed by atoms with Crippen LogP contribution in [-0.4, -0.2) is 57.7 Å². The van der Waals surface area contributed by atoms with Gasteiger partial charge in [-0.05, 0) is 36.6 Å². The van der Waals surface area contributed by atoms with Crippen LogP contribution in [0.4, 0.5) is 24.7 Å². The largest absolute Gasteiger partial charge is 0.481 e. The summed E-state index contributed by atoms with van der Waals surface area (Å²) in [4.78, 5) is 34.3. The molecule has 52 heavy (non-hydrogen) atoms. The van der Waals surface area contributed by atoms with E-state index < -0.39 is 28.9 Å². The van der Waals surface area contributed by atoms with Crippen LogP contribution >= 0.6 is 23.2 Å². The molecule has 3 N–H and O–H groups in total. The molecule has 0 amide bonds. The van der Waals surface area contributed by atoms with Gasteiger partial charge in [0.2, 0.25) is 5.88 Å². The van der Waals surface area contributed by atoms with Gasteiger partial charge in [0.15, 0.2) is 0 Å². The molecule has 5 aromatic rings. The molecule has 1 unspecified atom stereocenters. The zero-order chi connectivity index (χ0) is 37.1. The lowest BCUT2D eigenvalue weighted by atomic mass is 9.99. The SMILES string of the molecule is COc1nc(-c2cccc(-c3cccc(Nc4nc(C(F)(F)F)cc5c4c(=O)n(C)c(=O)n5C)c3Cl)c2Cl)cc2c1CC(O[C@@H]1COCC[C@@H]1N)C2. The molecule has 3 aromatic heterocycles. The van der Waals surface area contributed by atoms with Gasteiger partial charge in [0, 0.05) is 55.4 Å². The number of hydrogen-bond acceptors (Lipinski definition) is 9. The minimum atomic E-state index is -4.87. The number of methoxy groups -OCH3 is 1. The van der Waals surface area contributed by atoms with E-state index in [1.807, 2.05) is 12.1 Å². The molecule has 1 aliphatic carbocycles. The minimum Gasteiger partial charge on any atom is -0.481 e. The summed E-state index contributed by atoms with van der Waals surface area (Å²) in [5.41, 5.74) is 7.34. The fourth-order valence-electron chi connectivity index (χ4n) is 6.79. The zero-order valence-electron chi connectivity index (χ0n) is 28.2. The molecule has 2 aliphatic rings. The van der Waals surface area contributed by atoms with Crippen molar-refractivity contribution >= 4 is 45.6 Å². The molecule has 7 rings (SSSR count). The number of benzene rings is 2. The second kappa shape index (κ2) is 13.8. The Kier molecular flexibility index (Phi) is 9.55. The van der Waals surface area contributed by atoms with Gasteiger partial charge in [-0.2, -0.15) is 13.2 Å². The summed E-state index contributed by atoms with van der Waals surface area (Å²) in [5.74, 6) is 0.0348. The third kappa shape index (κ3) is 6.43. The first-order valence-corrected chi connectivity index (χ1v) is 17.1. The van der Waals surface area contributed by atoms with Crippen LogP contribution < -0.4 is 27.0 Å². The number of hydrogen-bond donors (Lipinski definition) is 2. The van der Waals surface area contributed by atoms with Crippen molar-refractivity contribution in [1.29, 1.82) is 0 Å². The van der Waals surface area contributed by atoms with Crippen LogP contribution in [-0.2, 0) is 42.6 Å². The summed E-state index contributed by atoms with van der Waals surface area (Å²) in [7, 11) is 4.06. The highest BCUT2D eigenvalue weighted by Crippen LogP contribution is 2.44. The molecule has 272 valence electrons. The topological polar surface area (TPSA) is 136 Å². The minimum absolute atomic E-state index is 0.0972. The van der Waals surface area contributed by atoms with Crippen molar-refractivity contribution in [1.82, 2.24) is 19.1 Å². The Hall–Kier alpha value is -4.47. The molecule has 0 bridgehead atoms. The lowest BCUT2D eigenvalue weighted by molar-refractivity contribution is -0.141. The molecular formula is C36H33Cl2F3N6O5. The zero-order valence-corrected chi connectivity index (χ0v) is 29.7. The number of rotatable bonds is 7. The van der Waals surface area contributed by atoms with E-state index >= 15 is 0 Å². The number of anilines is 2. The Morgan fingerprint density at radius 3 is 2.40 bits per heavy atom. The number of pyridine rings is 2. The molecule has 1 aliphatic heterocycles. The smallest absolute Gasteiger partial charge is 0.433 e. The van der Waals surface area contributed by atoms with Crippen molar-refractivity contribution in [2.75, 3.05) is 25.6 Å². The first kappa shape index (κ1) is 35.9. The van der Waals surface area contributed by atoms with Gasteiger partial charge in [-0.25, -0.2) is 14.8 Å². The van der Waals surface area contributed by atoms with Gasteiger partial charge in [-0.3, -0.25) is 13.9 Å². The summed E-state index contributed by atoms with van der Waals surface area (Å²) in [6, 6.07) is 12.8. The summed E-state index contributed by atoms with van der Waals surface area (Å²) in [6.45, 7) is 1.07. The summed E-state index contributed by atoms with van der Waals surface area (Å²) in [6.07, 6.45) is -3.23. The number of ether oxygens (including phenoxy) is 3. The van der Waals surface area contributed by atoms with Gasteiger partial charge in [-0.1, -0.05) is 53.5 Å². The van der Waals surface area contributed by atoms with E-state index in [9.17, 15) is 22.8 Å². The predicted molar refractivity (Wildman–Crippen MR) is 192 cm³/mol. The number of nitrogens with zero attached hydrogens (tertiary/aromatic N) is 4. The normalized spacial score (nSPS) is 18.8. The highest BCUT2D eigenvalue weighted by atomic mass is 35.5. The fourth-order valence-corrected chi connectivity index (χ4v) is 7.39. The number of aryl methyl sites for hydroxylation is 1. The molecule has 4 heterocycles. The fraction of sp³-hybridized carbons (Fsp3) is 0.333. The molecule has 0 radical (unpaired) electrons. The second-order valence-corrected chi connectivity index (χ2v) is 13.6. The van der Waals surface area contributed by atoms with E-state index in [0.29, 0.717) is 65.4 Å². The highest BCUT2D eigenvalue weighted by Gasteiger charge is 2.35. The Morgan fingerprint density at radius 1 is 0.981 bits per heavy atom. The van der Waals surface area contributed by atoms with Crippen LogP contribution in [0.5, 0.6) is 5.88 Å². The number of fused-ring (bicyclic) bond motifs is 2. The average molecular weight is 758 g/mol. The molecule has 11 nitrogen and oxygen atoms in total. The van der Waals surface area contributed by atoms with Crippen LogP contribution in [0.2, 0.25) is 10.0 Å². The number of nitrogens with two attached hydrogens (primary N) is 1. The quantitative estimate of drug-likeness (QED) is 0.204. The van der Waals surface area contributed by atoms with Crippen LogP contribution in [0.15, 0.2) is 58.1 Å². The predicted octanol–water partition coefficient (Wildman–Crippen LogP) is 6.04.